The minimum absolute atomic E-state index is 0.467. The number of nitrogens with zero attached hydrogens (tertiary/aromatic N) is 1. The van der Waals surface area contributed by atoms with Crippen molar-refractivity contribution < 1.29 is 18.1 Å². The van der Waals surface area contributed by atoms with E-state index in [-0.39, 0.29) is 0 Å². The summed E-state index contributed by atoms with van der Waals surface area (Å²) in [5, 5.41) is 3.20. The van der Waals surface area contributed by atoms with Crippen LogP contribution in [-0.2, 0) is 18.1 Å². The molecule has 6 nitrogen and oxygen atoms in total. The lowest BCUT2D eigenvalue weighted by Crippen LogP contribution is -2.46. The fraction of sp³-hybridized carbons (Fsp3) is 0.917. The van der Waals surface area contributed by atoms with Crippen molar-refractivity contribution in [2.24, 2.45) is 4.99 Å². The molecule has 1 N–H and O–H groups in total. The number of nitrogens with one attached hydrogen (secondary N) is 1. The van der Waals surface area contributed by atoms with E-state index in [9.17, 15) is 4.79 Å². The highest BCUT2D eigenvalue weighted by Crippen LogP contribution is 2.17. The lowest BCUT2D eigenvalue weighted by molar-refractivity contribution is 0.0708. The fourth-order valence-corrected chi connectivity index (χ4v) is 4.35. The van der Waals surface area contributed by atoms with E-state index in [1.807, 2.05) is 20.8 Å². The summed E-state index contributed by atoms with van der Waals surface area (Å²) in [6, 6.07) is 0.798. The Balaban J connectivity index is 3.99. The molecule has 0 aliphatic carbocycles. The van der Waals surface area contributed by atoms with Crippen LogP contribution in [0.15, 0.2) is 4.99 Å². The highest BCUT2D eigenvalue weighted by atomic mass is 28.4. The first kappa shape index (κ1) is 18.4. The molecular formula is C12H26N2O4Si. The smallest absolute Gasteiger partial charge is 0.374 e. The topological polar surface area (TPSA) is 69.2 Å². The van der Waals surface area contributed by atoms with Gasteiger partial charge in [0.1, 0.15) is 0 Å². The van der Waals surface area contributed by atoms with E-state index in [0.29, 0.717) is 32.9 Å². The number of carbonyl (C=O) groups excluding carboxylic acids is 1. The highest BCUT2D eigenvalue weighted by Gasteiger charge is 2.39. The quantitative estimate of drug-likeness (QED) is 0.240. The number of rotatable bonds is 13. The Labute approximate surface area is 116 Å². The first-order valence-corrected chi connectivity index (χ1v) is 8.84. The van der Waals surface area contributed by atoms with Gasteiger partial charge >= 0.3 is 8.80 Å². The van der Waals surface area contributed by atoms with Crippen LogP contribution in [0.5, 0.6) is 0 Å². The van der Waals surface area contributed by atoms with Gasteiger partial charge in [0, 0.05) is 32.4 Å². The van der Waals surface area contributed by atoms with Crippen molar-refractivity contribution >= 4 is 14.9 Å². The van der Waals surface area contributed by atoms with Gasteiger partial charge in [0.25, 0.3) is 0 Å². The molecule has 0 heterocycles. The van der Waals surface area contributed by atoms with Crippen LogP contribution in [0.1, 0.15) is 27.2 Å². The Morgan fingerprint density at radius 1 is 1.05 bits per heavy atom. The molecular weight excluding hydrogens is 264 g/mol. The van der Waals surface area contributed by atoms with Crippen LogP contribution in [-0.4, -0.2) is 54.3 Å². The lowest BCUT2D eigenvalue weighted by atomic mass is 10.5. The lowest BCUT2D eigenvalue weighted by Gasteiger charge is -2.28. The second kappa shape index (κ2) is 12.5. The molecule has 0 aliphatic rings. The van der Waals surface area contributed by atoms with Crippen LogP contribution in [0.25, 0.3) is 0 Å². The van der Waals surface area contributed by atoms with Crippen molar-refractivity contribution in [3.05, 3.63) is 0 Å². The van der Waals surface area contributed by atoms with E-state index in [1.165, 1.54) is 6.08 Å². The molecule has 112 valence electrons. The minimum atomic E-state index is -2.50. The van der Waals surface area contributed by atoms with Gasteiger partial charge in [0.05, 0.1) is 6.54 Å². The first-order valence-electron chi connectivity index (χ1n) is 6.90. The minimum Gasteiger partial charge on any atom is -0.374 e. The molecule has 0 aliphatic heterocycles. The summed E-state index contributed by atoms with van der Waals surface area (Å²) in [7, 11) is -2.50. The first-order chi connectivity index (χ1) is 9.24. The molecule has 0 saturated carbocycles. The molecule has 0 aromatic rings. The SMILES string of the molecule is CCO[Si](CCCNCCN=C=O)(OCC)OCC. The average molecular weight is 290 g/mol. The maximum Gasteiger partial charge on any atom is 0.500 e. The van der Waals surface area contributed by atoms with Gasteiger partial charge in [-0.05, 0) is 33.7 Å². The van der Waals surface area contributed by atoms with Crippen molar-refractivity contribution in [2.75, 3.05) is 39.5 Å². The summed E-state index contributed by atoms with van der Waals surface area (Å²) in [6.45, 7) is 9.65. The van der Waals surface area contributed by atoms with Gasteiger partial charge in [0.2, 0.25) is 6.08 Å². The molecule has 0 aromatic carbocycles. The summed E-state index contributed by atoms with van der Waals surface area (Å²) >= 11 is 0. The molecule has 0 rings (SSSR count). The zero-order valence-corrected chi connectivity index (χ0v) is 13.2. The zero-order chi connectivity index (χ0) is 14.4. The summed E-state index contributed by atoms with van der Waals surface area (Å²) in [5.41, 5.74) is 0. The van der Waals surface area contributed by atoms with E-state index in [1.54, 1.807) is 0 Å². The Bertz CT molecular complexity index is 243. The van der Waals surface area contributed by atoms with E-state index in [4.69, 9.17) is 13.3 Å². The van der Waals surface area contributed by atoms with Gasteiger partial charge in [-0.3, -0.25) is 0 Å². The van der Waals surface area contributed by atoms with E-state index >= 15 is 0 Å². The van der Waals surface area contributed by atoms with E-state index in [0.717, 1.165) is 19.0 Å². The molecule has 0 aromatic heterocycles. The predicted molar refractivity (Wildman–Crippen MR) is 75.9 cm³/mol. The van der Waals surface area contributed by atoms with Gasteiger partial charge in [0.15, 0.2) is 0 Å². The van der Waals surface area contributed by atoms with Crippen LogP contribution < -0.4 is 5.32 Å². The standard InChI is InChI=1S/C12H26N2O4Si/c1-4-16-19(17-5-2,18-6-3)11-7-8-13-9-10-14-12-15/h13H,4-11H2,1-3H3. The monoisotopic (exact) mass is 290 g/mol. The molecule has 0 atom stereocenters. The summed E-state index contributed by atoms with van der Waals surface area (Å²) < 4.78 is 17.3. The zero-order valence-electron chi connectivity index (χ0n) is 12.2. The molecule has 0 unspecified atom stereocenters. The Morgan fingerprint density at radius 3 is 2.11 bits per heavy atom. The van der Waals surface area contributed by atoms with Crippen LogP contribution in [0.2, 0.25) is 6.04 Å². The molecule has 0 spiro atoms. The molecule has 0 amide bonds. The maximum atomic E-state index is 9.88. The maximum absolute atomic E-state index is 9.88. The number of hydrogen-bond acceptors (Lipinski definition) is 6. The molecule has 0 fully saturated rings. The van der Waals surface area contributed by atoms with Gasteiger partial charge in [-0.15, -0.1) is 0 Å². The van der Waals surface area contributed by atoms with Crippen LogP contribution in [0.3, 0.4) is 0 Å². The van der Waals surface area contributed by atoms with Gasteiger partial charge in [-0.2, -0.15) is 0 Å². The second-order valence-corrected chi connectivity index (χ2v) is 6.54. The summed E-state index contributed by atoms with van der Waals surface area (Å²) in [5.74, 6) is 0. The number of aliphatic imine (C=N–C) groups is 1. The van der Waals surface area contributed by atoms with Gasteiger partial charge in [-0.1, -0.05) is 0 Å². The van der Waals surface area contributed by atoms with Crippen LogP contribution in [0.4, 0.5) is 0 Å². The third kappa shape index (κ3) is 9.04. The Morgan fingerprint density at radius 2 is 1.63 bits per heavy atom. The van der Waals surface area contributed by atoms with Crippen LogP contribution >= 0.6 is 0 Å². The van der Waals surface area contributed by atoms with Crippen molar-refractivity contribution in [2.45, 2.75) is 33.2 Å². The third-order valence-corrected chi connectivity index (χ3v) is 5.55. The number of isocyanates is 1. The molecule has 7 heteroatoms. The Hall–Kier alpha value is -0.563. The van der Waals surface area contributed by atoms with Gasteiger partial charge in [-0.25, -0.2) is 9.79 Å². The summed E-state index contributed by atoms with van der Waals surface area (Å²) in [6.07, 6.45) is 2.43. The van der Waals surface area contributed by atoms with Crippen molar-refractivity contribution in [1.82, 2.24) is 5.32 Å². The molecule has 19 heavy (non-hydrogen) atoms. The predicted octanol–water partition coefficient (Wildman–Crippen LogP) is 1.35. The fourth-order valence-electron chi connectivity index (χ4n) is 1.74. The second-order valence-electron chi connectivity index (χ2n) is 3.81. The van der Waals surface area contributed by atoms with Crippen molar-refractivity contribution in [3.8, 4) is 0 Å². The Kier molecular flexibility index (Phi) is 12.1. The van der Waals surface area contributed by atoms with Gasteiger partial charge < -0.3 is 18.6 Å². The largest absolute Gasteiger partial charge is 0.500 e. The third-order valence-electron chi connectivity index (χ3n) is 2.39. The average Bonchev–Trinajstić information content (AvgIpc) is 2.39. The van der Waals surface area contributed by atoms with Crippen molar-refractivity contribution in [3.63, 3.8) is 0 Å². The normalized spacial score (nSPS) is 11.3. The van der Waals surface area contributed by atoms with E-state index in [2.05, 4.69) is 10.3 Å². The van der Waals surface area contributed by atoms with E-state index < -0.39 is 8.80 Å². The molecule has 0 saturated heterocycles. The van der Waals surface area contributed by atoms with Crippen LogP contribution in [0, 0.1) is 0 Å². The molecule has 0 radical (unpaired) electrons. The summed E-state index contributed by atoms with van der Waals surface area (Å²) in [4.78, 5) is 13.4. The number of hydrogen-bond donors (Lipinski definition) is 1. The highest BCUT2D eigenvalue weighted by molar-refractivity contribution is 6.60. The molecule has 0 bridgehead atoms. The van der Waals surface area contributed by atoms with Crippen molar-refractivity contribution in [1.29, 1.82) is 0 Å².